The highest BCUT2D eigenvalue weighted by Gasteiger charge is 2.07. The van der Waals surface area contributed by atoms with Crippen LogP contribution in [0.5, 0.6) is 0 Å². The molecule has 5 heteroatoms. The summed E-state index contributed by atoms with van der Waals surface area (Å²) in [6.07, 6.45) is 4.13. The Morgan fingerprint density at radius 1 is 1.04 bits per heavy atom. The normalized spacial score (nSPS) is 10.6. The van der Waals surface area contributed by atoms with Gasteiger partial charge in [0.2, 0.25) is 0 Å². The van der Waals surface area contributed by atoms with Gasteiger partial charge in [-0.1, -0.05) is 19.1 Å². The van der Waals surface area contributed by atoms with Crippen LogP contribution in [0.2, 0.25) is 0 Å². The Labute approximate surface area is 160 Å². The van der Waals surface area contributed by atoms with Gasteiger partial charge < -0.3 is 15.0 Å². The van der Waals surface area contributed by atoms with Crippen molar-refractivity contribution in [2.24, 2.45) is 0 Å². The summed E-state index contributed by atoms with van der Waals surface area (Å²) < 4.78 is 4.84. The van der Waals surface area contributed by atoms with Gasteiger partial charge in [-0.3, -0.25) is 4.79 Å². The first-order valence-corrected chi connectivity index (χ1v) is 9.11. The lowest BCUT2D eigenvalue weighted by Gasteiger charge is -2.18. The van der Waals surface area contributed by atoms with Crippen LogP contribution in [0, 0.1) is 0 Å². The van der Waals surface area contributed by atoms with Crippen LogP contribution >= 0.6 is 0 Å². The molecule has 0 saturated heterocycles. The van der Waals surface area contributed by atoms with Gasteiger partial charge in [0, 0.05) is 36.6 Å². The second kappa shape index (κ2) is 10.2. The fraction of sp³-hybridized carbons (Fsp3) is 0.273. The molecule has 2 aromatic carbocycles. The Morgan fingerprint density at radius 2 is 1.70 bits per heavy atom. The van der Waals surface area contributed by atoms with Crippen molar-refractivity contribution >= 4 is 29.3 Å². The highest BCUT2D eigenvalue weighted by molar-refractivity contribution is 6.04. The molecule has 1 N–H and O–H groups in total. The summed E-state index contributed by atoms with van der Waals surface area (Å²) in [5, 5.41) is 2.88. The standard InChI is InChI=1S/C22H26N2O3/c1-4-16-24(3)20-13-9-18(10-14-20)22(26)23-19-11-6-17(7-12-19)8-15-21(25)27-5-2/h6-15H,4-5,16H2,1-3H3,(H,23,26)/b15-8+. The van der Waals surface area contributed by atoms with E-state index in [1.165, 1.54) is 6.08 Å². The minimum atomic E-state index is -0.372. The molecule has 0 saturated carbocycles. The lowest BCUT2D eigenvalue weighted by molar-refractivity contribution is -0.137. The highest BCUT2D eigenvalue weighted by atomic mass is 16.5. The molecular weight excluding hydrogens is 340 g/mol. The van der Waals surface area contributed by atoms with Crippen molar-refractivity contribution in [3.8, 4) is 0 Å². The quantitative estimate of drug-likeness (QED) is 0.557. The zero-order valence-electron chi connectivity index (χ0n) is 16.1. The van der Waals surface area contributed by atoms with Crippen molar-refractivity contribution in [2.45, 2.75) is 20.3 Å². The van der Waals surface area contributed by atoms with Crippen LogP contribution in [-0.4, -0.2) is 32.1 Å². The van der Waals surface area contributed by atoms with Crippen molar-refractivity contribution in [3.05, 3.63) is 65.7 Å². The highest BCUT2D eigenvalue weighted by Crippen LogP contribution is 2.16. The van der Waals surface area contributed by atoms with E-state index in [0.29, 0.717) is 17.9 Å². The maximum Gasteiger partial charge on any atom is 0.330 e. The van der Waals surface area contributed by atoms with Crippen molar-refractivity contribution in [1.29, 1.82) is 0 Å². The third-order valence-corrected chi connectivity index (χ3v) is 4.00. The predicted molar refractivity (Wildman–Crippen MR) is 110 cm³/mol. The minimum Gasteiger partial charge on any atom is -0.463 e. The molecular formula is C22H26N2O3. The van der Waals surface area contributed by atoms with E-state index in [-0.39, 0.29) is 11.9 Å². The number of nitrogens with zero attached hydrogens (tertiary/aromatic N) is 1. The summed E-state index contributed by atoms with van der Waals surface area (Å²) in [5.41, 5.74) is 3.24. The minimum absolute atomic E-state index is 0.158. The van der Waals surface area contributed by atoms with Gasteiger partial charge in [-0.2, -0.15) is 0 Å². The molecule has 1 amide bonds. The van der Waals surface area contributed by atoms with Crippen LogP contribution in [-0.2, 0) is 9.53 Å². The average Bonchev–Trinajstić information content (AvgIpc) is 2.68. The van der Waals surface area contributed by atoms with E-state index in [4.69, 9.17) is 4.74 Å². The number of esters is 1. The number of rotatable bonds is 8. The van der Waals surface area contributed by atoms with Gasteiger partial charge in [0.15, 0.2) is 0 Å². The van der Waals surface area contributed by atoms with Gasteiger partial charge in [0.05, 0.1) is 6.61 Å². The number of amides is 1. The third kappa shape index (κ3) is 6.29. The van der Waals surface area contributed by atoms with E-state index in [0.717, 1.165) is 24.2 Å². The fourth-order valence-corrected chi connectivity index (χ4v) is 2.57. The van der Waals surface area contributed by atoms with Crippen molar-refractivity contribution in [2.75, 3.05) is 30.4 Å². The molecule has 0 spiro atoms. The molecule has 0 heterocycles. The molecule has 0 bridgehead atoms. The molecule has 0 fully saturated rings. The molecule has 0 aliphatic carbocycles. The maximum absolute atomic E-state index is 12.4. The summed E-state index contributed by atoms with van der Waals surface area (Å²) in [6, 6.07) is 14.8. The second-order valence-corrected chi connectivity index (χ2v) is 6.13. The summed E-state index contributed by atoms with van der Waals surface area (Å²) in [7, 11) is 2.04. The van der Waals surface area contributed by atoms with Gasteiger partial charge >= 0.3 is 5.97 Å². The topological polar surface area (TPSA) is 58.6 Å². The molecule has 0 aliphatic rings. The Kier molecular flexibility index (Phi) is 7.62. The molecule has 5 nitrogen and oxygen atoms in total. The van der Waals surface area contributed by atoms with Gasteiger partial charge in [-0.15, -0.1) is 0 Å². The molecule has 27 heavy (non-hydrogen) atoms. The number of carbonyl (C=O) groups is 2. The molecule has 0 aliphatic heterocycles. The van der Waals surface area contributed by atoms with Crippen LogP contribution < -0.4 is 10.2 Å². The fourth-order valence-electron chi connectivity index (χ4n) is 2.57. The first-order chi connectivity index (χ1) is 13.0. The van der Waals surface area contributed by atoms with Crippen LogP contribution in [0.1, 0.15) is 36.2 Å². The lowest BCUT2D eigenvalue weighted by atomic mass is 10.1. The number of ether oxygens (including phenoxy) is 1. The number of hydrogen-bond donors (Lipinski definition) is 1. The number of anilines is 2. The van der Waals surface area contributed by atoms with E-state index in [1.807, 2.05) is 43.4 Å². The first-order valence-electron chi connectivity index (χ1n) is 9.11. The van der Waals surface area contributed by atoms with Gasteiger partial charge in [-0.25, -0.2) is 4.79 Å². The van der Waals surface area contributed by atoms with Crippen molar-refractivity contribution < 1.29 is 14.3 Å². The summed E-state index contributed by atoms with van der Waals surface area (Å²) in [4.78, 5) is 25.9. The largest absolute Gasteiger partial charge is 0.463 e. The molecule has 0 atom stereocenters. The zero-order valence-corrected chi connectivity index (χ0v) is 16.1. The average molecular weight is 366 g/mol. The molecule has 2 rings (SSSR count). The first kappa shape index (κ1) is 20.2. The molecule has 142 valence electrons. The smallest absolute Gasteiger partial charge is 0.330 e. The number of carbonyl (C=O) groups excluding carboxylic acids is 2. The molecule has 2 aromatic rings. The Morgan fingerprint density at radius 3 is 2.30 bits per heavy atom. The number of benzene rings is 2. The zero-order chi connectivity index (χ0) is 19.6. The summed E-state index contributed by atoms with van der Waals surface area (Å²) in [6.45, 7) is 5.23. The lowest BCUT2D eigenvalue weighted by Crippen LogP contribution is -2.18. The summed E-state index contributed by atoms with van der Waals surface area (Å²) >= 11 is 0. The summed E-state index contributed by atoms with van der Waals surface area (Å²) in [5.74, 6) is -0.530. The van der Waals surface area contributed by atoms with Gasteiger partial charge in [0.25, 0.3) is 5.91 Å². The van der Waals surface area contributed by atoms with E-state index in [9.17, 15) is 9.59 Å². The SMILES string of the molecule is CCCN(C)c1ccc(C(=O)Nc2ccc(/C=C/C(=O)OCC)cc2)cc1. The second-order valence-electron chi connectivity index (χ2n) is 6.13. The maximum atomic E-state index is 12.4. The number of nitrogens with one attached hydrogen (secondary N) is 1. The van der Waals surface area contributed by atoms with Crippen molar-refractivity contribution in [1.82, 2.24) is 0 Å². The Hall–Kier alpha value is -3.08. The van der Waals surface area contributed by atoms with Crippen LogP contribution in [0.4, 0.5) is 11.4 Å². The Bertz CT molecular complexity index is 780. The van der Waals surface area contributed by atoms with Crippen LogP contribution in [0.3, 0.4) is 0 Å². The van der Waals surface area contributed by atoms with E-state index >= 15 is 0 Å². The van der Waals surface area contributed by atoms with E-state index < -0.39 is 0 Å². The van der Waals surface area contributed by atoms with Crippen molar-refractivity contribution in [3.63, 3.8) is 0 Å². The number of hydrogen-bond acceptors (Lipinski definition) is 4. The predicted octanol–water partition coefficient (Wildman–Crippen LogP) is 4.36. The molecule has 0 aromatic heterocycles. The third-order valence-electron chi connectivity index (χ3n) is 4.00. The van der Waals surface area contributed by atoms with E-state index in [2.05, 4.69) is 17.1 Å². The van der Waals surface area contributed by atoms with Gasteiger partial charge in [-0.05, 0) is 61.4 Å². The van der Waals surface area contributed by atoms with Gasteiger partial charge in [0.1, 0.15) is 0 Å². The van der Waals surface area contributed by atoms with Crippen LogP contribution in [0.25, 0.3) is 6.08 Å². The monoisotopic (exact) mass is 366 g/mol. The molecule has 0 unspecified atom stereocenters. The van der Waals surface area contributed by atoms with E-state index in [1.54, 1.807) is 25.1 Å². The molecule has 0 radical (unpaired) electrons. The van der Waals surface area contributed by atoms with Crippen LogP contribution in [0.15, 0.2) is 54.6 Å². The Balaban J connectivity index is 1.96.